The van der Waals surface area contributed by atoms with Gasteiger partial charge in [-0.25, -0.2) is 0 Å². The molecule has 20 heavy (non-hydrogen) atoms. The van der Waals surface area contributed by atoms with Gasteiger partial charge >= 0.3 is 0 Å². The molecular formula is C14H16Cl2N2OS. The summed E-state index contributed by atoms with van der Waals surface area (Å²) >= 11 is 17.1. The Hall–Kier alpha value is -0.840. The average Bonchev–Trinajstić information content (AvgIpc) is 2.43. The van der Waals surface area contributed by atoms with Crippen molar-refractivity contribution in [2.24, 2.45) is 5.92 Å². The first-order valence-electron chi connectivity index (χ1n) is 6.63. The molecule has 6 heteroatoms. The molecule has 1 aromatic rings. The van der Waals surface area contributed by atoms with Crippen molar-refractivity contribution in [3.05, 3.63) is 28.2 Å². The van der Waals surface area contributed by atoms with E-state index in [1.54, 1.807) is 18.2 Å². The molecule has 1 aromatic carbocycles. The molecule has 0 saturated heterocycles. The minimum atomic E-state index is -0.0136. The molecule has 0 aliphatic heterocycles. The number of hydrogen-bond donors (Lipinski definition) is 2. The molecule has 0 aromatic heterocycles. The van der Waals surface area contributed by atoms with Gasteiger partial charge in [0.15, 0.2) is 5.11 Å². The van der Waals surface area contributed by atoms with Gasteiger partial charge in [-0.3, -0.25) is 4.79 Å². The van der Waals surface area contributed by atoms with Crippen LogP contribution in [0.4, 0.5) is 5.69 Å². The van der Waals surface area contributed by atoms with Gasteiger partial charge in [-0.15, -0.1) is 0 Å². The summed E-state index contributed by atoms with van der Waals surface area (Å²) in [6.45, 7) is 0. The van der Waals surface area contributed by atoms with Crippen LogP contribution >= 0.6 is 35.4 Å². The van der Waals surface area contributed by atoms with Gasteiger partial charge in [-0.05, 0) is 43.3 Å². The van der Waals surface area contributed by atoms with E-state index >= 15 is 0 Å². The summed E-state index contributed by atoms with van der Waals surface area (Å²) in [6.07, 6.45) is 5.31. The molecular weight excluding hydrogens is 315 g/mol. The van der Waals surface area contributed by atoms with E-state index in [1.807, 2.05) is 0 Å². The Kier molecular flexibility index (Phi) is 5.64. The molecule has 1 aliphatic carbocycles. The minimum Gasteiger partial charge on any atom is -0.331 e. The fraction of sp³-hybridized carbons (Fsp3) is 0.429. The highest BCUT2D eigenvalue weighted by molar-refractivity contribution is 7.80. The molecule has 2 rings (SSSR count). The summed E-state index contributed by atoms with van der Waals surface area (Å²) in [5.74, 6) is 0.0543. The Morgan fingerprint density at radius 1 is 1.20 bits per heavy atom. The lowest BCUT2D eigenvalue weighted by Crippen LogP contribution is -2.39. The summed E-state index contributed by atoms with van der Waals surface area (Å²) in [5, 5.41) is 6.94. The van der Waals surface area contributed by atoms with Crippen molar-refractivity contribution in [1.29, 1.82) is 0 Å². The summed E-state index contributed by atoms with van der Waals surface area (Å²) in [6, 6.07) is 5.04. The number of anilines is 1. The highest BCUT2D eigenvalue weighted by atomic mass is 35.5. The van der Waals surface area contributed by atoms with Crippen LogP contribution in [0.25, 0.3) is 0 Å². The Balaban J connectivity index is 1.91. The number of benzene rings is 1. The minimum absolute atomic E-state index is 0.0136. The highest BCUT2D eigenvalue weighted by Gasteiger charge is 2.21. The topological polar surface area (TPSA) is 41.1 Å². The van der Waals surface area contributed by atoms with Crippen LogP contribution in [0, 0.1) is 5.92 Å². The Morgan fingerprint density at radius 2 is 1.90 bits per heavy atom. The van der Waals surface area contributed by atoms with E-state index in [9.17, 15) is 4.79 Å². The molecule has 2 N–H and O–H groups in total. The first kappa shape index (κ1) is 15.5. The van der Waals surface area contributed by atoms with Crippen LogP contribution in [0.5, 0.6) is 0 Å². The second kappa shape index (κ2) is 7.25. The van der Waals surface area contributed by atoms with Crippen molar-refractivity contribution in [1.82, 2.24) is 5.32 Å². The van der Waals surface area contributed by atoms with Gasteiger partial charge in [0.25, 0.3) is 0 Å². The van der Waals surface area contributed by atoms with Crippen molar-refractivity contribution < 1.29 is 4.79 Å². The van der Waals surface area contributed by atoms with Gasteiger partial charge in [0.05, 0.1) is 10.7 Å². The second-order valence-corrected chi connectivity index (χ2v) is 6.15. The molecule has 0 radical (unpaired) electrons. The molecule has 1 aliphatic rings. The second-order valence-electron chi connectivity index (χ2n) is 4.90. The Labute approximate surface area is 134 Å². The maximum Gasteiger partial charge on any atom is 0.229 e. The normalized spacial score (nSPS) is 15.7. The smallest absolute Gasteiger partial charge is 0.229 e. The predicted molar refractivity (Wildman–Crippen MR) is 87.4 cm³/mol. The molecule has 0 bridgehead atoms. The monoisotopic (exact) mass is 330 g/mol. The van der Waals surface area contributed by atoms with E-state index in [-0.39, 0.29) is 16.9 Å². The largest absolute Gasteiger partial charge is 0.331 e. The average molecular weight is 331 g/mol. The number of carbonyl (C=O) groups excluding carboxylic acids is 1. The SMILES string of the molecule is O=C(NC(=S)Nc1cc(Cl)ccc1Cl)C1CCCCC1. The van der Waals surface area contributed by atoms with Crippen LogP contribution in [-0.4, -0.2) is 11.0 Å². The van der Waals surface area contributed by atoms with Gasteiger partial charge in [0.1, 0.15) is 0 Å². The zero-order chi connectivity index (χ0) is 14.5. The van der Waals surface area contributed by atoms with Crippen LogP contribution in [0.2, 0.25) is 10.0 Å². The number of amides is 1. The van der Waals surface area contributed by atoms with E-state index in [4.69, 9.17) is 35.4 Å². The molecule has 1 fully saturated rings. The van der Waals surface area contributed by atoms with Crippen molar-refractivity contribution in [2.45, 2.75) is 32.1 Å². The lowest BCUT2D eigenvalue weighted by molar-refractivity contribution is -0.124. The summed E-state index contributed by atoms with van der Waals surface area (Å²) < 4.78 is 0. The van der Waals surface area contributed by atoms with E-state index in [0.717, 1.165) is 25.7 Å². The maximum absolute atomic E-state index is 12.1. The molecule has 0 unspecified atom stereocenters. The number of halogens is 2. The van der Waals surface area contributed by atoms with E-state index in [2.05, 4.69) is 10.6 Å². The van der Waals surface area contributed by atoms with E-state index in [0.29, 0.717) is 15.7 Å². The van der Waals surface area contributed by atoms with Gasteiger partial charge in [0, 0.05) is 10.9 Å². The maximum atomic E-state index is 12.1. The fourth-order valence-corrected chi connectivity index (χ4v) is 2.87. The van der Waals surface area contributed by atoms with Crippen molar-refractivity contribution in [3.63, 3.8) is 0 Å². The van der Waals surface area contributed by atoms with Crippen LogP contribution in [0.1, 0.15) is 32.1 Å². The van der Waals surface area contributed by atoms with Gasteiger partial charge in [-0.1, -0.05) is 42.5 Å². The number of rotatable bonds is 2. The summed E-state index contributed by atoms with van der Waals surface area (Å²) in [4.78, 5) is 12.1. The molecule has 0 heterocycles. The zero-order valence-corrected chi connectivity index (χ0v) is 13.2. The van der Waals surface area contributed by atoms with Crippen LogP contribution in [0.15, 0.2) is 18.2 Å². The molecule has 0 atom stereocenters. The number of carbonyl (C=O) groups is 1. The van der Waals surface area contributed by atoms with Crippen LogP contribution in [-0.2, 0) is 4.79 Å². The van der Waals surface area contributed by atoms with Crippen molar-refractivity contribution >= 4 is 52.1 Å². The summed E-state index contributed by atoms with van der Waals surface area (Å²) in [5.41, 5.74) is 0.591. The number of hydrogen-bond acceptors (Lipinski definition) is 2. The lowest BCUT2D eigenvalue weighted by Gasteiger charge is -2.21. The molecule has 3 nitrogen and oxygen atoms in total. The van der Waals surface area contributed by atoms with Crippen LogP contribution in [0.3, 0.4) is 0 Å². The first-order valence-corrected chi connectivity index (χ1v) is 7.79. The molecule has 1 amide bonds. The zero-order valence-electron chi connectivity index (χ0n) is 10.9. The third-order valence-electron chi connectivity index (χ3n) is 3.39. The Bertz CT molecular complexity index is 516. The van der Waals surface area contributed by atoms with Gasteiger partial charge in [0.2, 0.25) is 5.91 Å². The predicted octanol–water partition coefficient (Wildman–Crippen LogP) is 4.39. The molecule has 0 spiro atoms. The van der Waals surface area contributed by atoms with Gasteiger partial charge < -0.3 is 10.6 Å². The van der Waals surface area contributed by atoms with Gasteiger partial charge in [-0.2, -0.15) is 0 Å². The quantitative estimate of drug-likeness (QED) is 0.790. The summed E-state index contributed by atoms with van der Waals surface area (Å²) in [7, 11) is 0. The third kappa shape index (κ3) is 4.33. The third-order valence-corrected chi connectivity index (χ3v) is 4.16. The molecule has 1 saturated carbocycles. The van der Waals surface area contributed by atoms with E-state index in [1.165, 1.54) is 6.42 Å². The van der Waals surface area contributed by atoms with E-state index < -0.39 is 0 Å². The Morgan fingerprint density at radius 3 is 2.60 bits per heavy atom. The van der Waals surface area contributed by atoms with Crippen LogP contribution < -0.4 is 10.6 Å². The van der Waals surface area contributed by atoms with Crippen molar-refractivity contribution in [3.8, 4) is 0 Å². The fourth-order valence-electron chi connectivity index (χ4n) is 2.33. The number of thiocarbonyl (C=S) groups is 1. The highest BCUT2D eigenvalue weighted by Crippen LogP contribution is 2.26. The first-order chi connectivity index (χ1) is 9.56. The standard InChI is InChI=1S/C14H16Cl2N2OS/c15-10-6-7-11(16)12(8-10)17-14(20)18-13(19)9-4-2-1-3-5-9/h6-9H,1-5H2,(H2,17,18,19,20). The number of nitrogens with one attached hydrogen (secondary N) is 2. The lowest BCUT2D eigenvalue weighted by atomic mass is 9.89. The van der Waals surface area contributed by atoms with Crippen molar-refractivity contribution in [2.75, 3.05) is 5.32 Å². The molecule has 108 valence electrons.